The van der Waals surface area contributed by atoms with Gasteiger partial charge >= 0.3 is 0 Å². The van der Waals surface area contributed by atoms with Crippen LogP contribution in [-0.4, -0.2) is 22.7 Å². The van der Waals surface area contributed by atoms with Crippen LogP contribution in [0.25, 0.3) is 0 Å². The molecule has 0 aliphatic heterocycles. The summed E-state index contributed by atoms with van der Waals surface area (Å²) >= 11 is 0. The van der Waals surface area contributed by atoms with Crippen LogP contribution in [0.3, 0.4) is 0 Å². The van der Waals surface area contributed by atoms with E-state index >= 15 is 0 Å². The van der Waals surface area contributed by atoms with Gasteiger partial charge < -0.3 is 9.84 Å². The summed E-state index contributed by atoms with van der Waals surface area (Å²) in [6.07, 6.45) is 1.44. The van der Waals surface area contributed by atoms with E-state index in [0.29, 0.717) is 6.54 Å². The van der Waals surface area contributed by atoms with Gasteiger partial charge in [0.1, 0.15) is 11.3 Å². The van der Waals surface area contributed by atoms with Crippen LogP contribution in [0.15, 0.2) is 35.3 Å². The van der Waals surface area contributed by atoms with Crippen LogP contribution in [0.2, 0.25) is 0 Å². The van der Waals surface area contributed by atoms with Crippen molar-refractivity contribution in [1.29, 1.82) is 0 Å². The summed E-state index contributed by atoms with van der Waals surface area (Å²) in [5.41, 5.74) is 0.844. The predicted molar refractivity (Wildman–Crippen MR) is 67.2 cm³/mol. The Morgan fingerprint density at radius 2 is 2.00 bits per heavy atom. The number of carbonyl (C=O) groups excluding carboxylic acids is 1. The third-order valence-electron chi connectivity index (χ3n) is 2.72. The molecule has 0 radical (unpaired) electrons. The van der Waals surface area contributed by atoms with E-state index in [2.05, 4.69) is 5.10 Å². The lowest BCUT2D eigenvalue weighted by Crippen LogP contribution is -2.21. The first-order valence-corrected chi connectivity index (χ1v) is 5.54. The number of hydrogen-bond acceptors (Lipinski definition) is 3. The Labute approximate surface area is 104 Å². The molecule has 1 N–H and O–H groups in total. The molecule has 0 aliphatic carbocycles. The minimum Gasteiger partial charge on any atom is -0.497 e. The number of hydrogen-bond donors (Lipinski definition) is 1. The van der Waals surface area contributed by atoms with E-state index in [1.54, 1.807) is 7.11 Å². The van der Waals surface area contributed by atoms with Crippen molar-refractivity contribution in [3.8, 4) is 5.75 Å². The summed E-state index contributed by atoms with van der Waals surface area (Å²) in [7, 11) is 1.60. The fourth-order valence-corrected chi connectivity index (χ4v) is 1.69. The van der Waals surface area contributed by atoms with Crippen molar-refractivity contribution >= 4 is 5.78 Å². The Balaban J connectivity index is 2.23. The van der Waals surface area contributed by atoms with E-state index in [1.807, 2.05) is 24.3 Å². The third kappa shape index (κ3) is 2.34. The molecule has 2 rings (SSSR count). The summed E-state index contributed by atoms with van der Waals surface area (Å²) in [6.45, 7) is 1.78. The zero-order valence-corrected chi connectivity index (χ0v) is 10.3. The number of aromatic nitrogens is 2. The quantitative estimate of drug-likeness (QED) is 0.830. The molecule has 0 saturated carbocycles. The highest BCUT2D eigenvalue weighted by Crippen LogP contribution is 2.11. The number of aromatic amines is 1. The molecule has 0 spiro atoms. The lowest BCUT2D eigenvalue weighted by molar-refractivity contribution is 0.101. The fraction of sp³-hybridized carbons (Fsp3) is 0.231. The Morgan fingerprint density at radius 3 is 2.50 bits per heavy atom. The van der Waals surface area contributed by atoms with E-state index in [9.17, 15) is 9.59 Å². The minimum atomic E-state index is -0.293. The molecule has 0 fully saturated rings. The second-order valence-electron chi connectivity index (χ2n) is 3.98. The highest BCUT2D eigenvalue weighted by atomic mass is 16.5. The van der Waals surface area contributed by atoms with Crippen LogP contribution < -0.4 is 10.3 Å². The van der Waals surface area contributed by atoms with Gasteiger partial charge in [0.2, 0.25) is 0 Å². The van der Waals surface area contributed by atoms with Crippen molar-refractivity contribution in [1.82, 2.24) is 9.78 Å². The first kappa shape index (κ1) is 12.2. The number of Topliss-reactive ketones (excluding diaryl/α,β-unsaturated/α-hetero) is 1. The smallest absolute Gasteiger partial charge is 0.277 e. The van der Waals surface area contributed by atoms with Gasteiger partial charge in [0.25, 0.3) is 5.56 Å². The maximum Gasteiger partial charge on any atom is 0.277 e. The highest BCUT2D eigenvalue weighted by Gasteiger charge is 2.10. The number of rotatable bonds is 4. The summed E-state index contributed by atoms with van der Waals surface area (Å²) < 4.78 is 6.46. The van der Waals surface area contributed by atoms with Gasteiger partial charge in [-0.1, -0.05) is 12.1 Å². The molecule has 1 aromatic carbocycles. The first-order valence-electron chi connectivity index (χ1n) is 5.54. The van der Waals surface area contributed by atoms with Crippen LogP contribution in [0.1, 0.15) is 22.8 Å². The van der Waals surface area contributed by atoms with Crippen molar-refractivity contribution < 1.29 is 9.53 Å². The van der Waals surface area contributed by atoms with Gasteiger partial charge in [0.15, 0.2) is 5.78 Å². The SMILES string of the molecule is COc1ccc(Cn2[nH]cc(C(C)=O)c2=O)cc1. The zero-order chi connectivity index (χ0) is 13.1. The van der Waals surface area contributed by atoms with Gasteiger partial charge in [-0.15, -0.1) is 0 Å². The molecule has 0 aliphatic rings. The predicted octanol–water partition coefficient (Wildman–Crippen LogP) is 1.44. The number of H-pyrrole nitrogens is 1. The summed E-state index contributed by atoms with van der Waals surface area (Å²) in [5, 5.41) is 2.78. The molecule has 1 heterocycles. The van der Waals surface area contributed by atoms with E-state index in [0.717, 1.165) is 11.3 Å². The average Bonchev–Trinajstić information content (AvgIpc) is 2.72. The molecule has 5 nitrogen and oxygen atoms in total. The number of carbonyl (C=O) groups is 1. The summed E-state index contributed by atoms with van der Waals surface area (Å²) in [4.78, 5) is 23.0. The second kappa shape index (κ2) is 4.91. The van der Waals surface area contributed by atoms with Crippen LogP contribution in [0.5, 0.6) is 5.75 Å². The number of benzene rings is 1. The van der Waals surface area contributed by atoms with Gasteiger partial charge in [-0.2, -0.15) is 0 Å². The maximum absolute atomic E-state index is 11.8. The average molecular weight is 246 g/mol. The molecule has 0 unspecified atom stereocenters. The topological polar surface area (TPSA) is 64.1 Å². The lowest BCUT2D eigenvalue weighted by Gasteiger charge is -2.03. The minimum absolute atomic E-state index is 0.184. The van der Waals surface area contributed by atoms with Crippen LogP contribution >= 0.6 is 0 Å². The summed E-state index contributed by atoms with van der Waals surface area (Å²) in [5.74, 6) is 0.534. The standard InChI is InChI=1S/C13H14N2O3/c1-9(16)12-7-14-15(13(12)17)8-10-3-5-11(18-2)6-4-10/h3-7,14H,8H2,1-2H3. The van der Waals surface area contributed by atoms with E-state index < -0.39 is 0 Å². The molecule has 94 valence electrons. The molecular weight excluding hydrogens is 232 g/mol. The van der Waals surface area contributed by atoms with Gasteiger partial charge in [-0.05, 0) is 24.6 Å². The lowest BCUT2D eigenvalue weighted by atomic mass is 10.2. The number of nitrogens with one attached hydrogen (secondary N) is 1. The fourth-order valence-electron chi connectivity index (χ4n) is 1.69. The van der Waals surface area contributed by atoms with Crippen LogP contribution in [-0.2, 0) is 6.54 Å². The second-order valence-corrected chi connectivity index (χ2v) is 3.98. The normalized spacial score (nSPS) is 10.3. The van der Waals surface area contributed by atoms with Gasteiger partial charge in [-0.3, -0.25) is 9.59 Å². The van der Waals surface area contributed by atoms with Crippen LogP contribution in [0.4, 0.5) is 0 Å². The number of nitrogens with zero attached hydrogens (tertiary/aromatic N) is 1. The van der Waals surface area contributed by atoms with Gasteiger partial charge in [-0.25, -0.2) is 4.68 Å². The Hall–Kier alpha value is -2.30. The molecule has 18 heavy (non-hydrogen) atoms. The molecule has 2 aromatic rings. The monoisotopic (exact) mass is 246 g/mol. The third-order valence-corrected chi connectivity index (χ3v) is 2.72. The molecule has 0 amide bonds. The largest absolute Gasteiger partial charge is 0.497 e. The van der Waals surface area contributed by atoms with Gasteiger partial charge in [0, 0.05) is 6.20 Å². The van der Waals surface area contributed by atoms with E-state index in [-0.39, 0.29) is 16.9 Å². The van der Waals surface area contributed by atoms with Crippen molar-refractivity contribution in [3.05, 3.63) is 51.9 Å². The van der Waals surface area contributed by atoms with E-state index in [1.165, 1.54) is 17.8 Å². The van der Waals surface area contributed by atoms with Gasteiger partial charge in [0.05, 0.1) is 13.7 Å². The van der Waals surface area contributed by atoms with Crippen molar-refractivity contribution in [3.63, 3.8) is 0 Å². The highest BCUT2D eigenvalue weighted by molar-refractivity contribution is 5.93. The number of methoxy groups -OCH3 is 1. The Bertz CT molecular complexity index is 608. The molecule has 5 heteroatoms. The molecule has 0 bridgehead atoms. The molecule has 1 aromatic heterocycles. The first-order chi connectivity index (χ1) is 8.61. The summed E-state index contributed by atoms with van der Waals surface area (Å²) in [6, 6.07) is 7.41. The zero-order valence-electron chi connectivity index (χ0n) is 10.3. The number of ketones is 1. The van der Waals surface area contributed by atoms with Crippen molar-refractivity contribution in [2.75, 3.05) is 7.11 Å². The molecule has 0 atom stereocenters. The number of ether oxygens (including phenoxy) is 1. The Morgan fingerprint density at radius 1 is 1.33 bits per heavy atom. The Kier molecular flexibility index (Phi) is 3.32. The maximum atomic E-state index is 11.8. The molecular formula is C13H14N2O3. The van der Waals surface area contributed by atoms with Crippen molar-refractivity contribution in [2.45, 2.75) is 13.5 Å². The van der Waals surface area contributed by atoms with Crippen LogP contribution in [0, 0.1) is 0 Å². The van der Waals surface area contributed by atoms with E-state index in [4.69, 9.17) is 4.74 Å². The molecule has 0 saturated heterocycles. The van der Waals surface area contributed by atoms with Crippen molar-refractivity contribution in [2.24, 2.45) is 0 Å².